The number of fused-ring (bicyclic) bond motifs is 9. The number of allylic oxidation sites excluding steroid dienone is 2. The summed E-state index contributed by atoms with van der Waals surface area (Å²) >= 11 is 0. The number of aromatic nitrogens is 4. The Labute approximate surface area is 299 Å². The van der Waals surface area contributed by atoms with Gasteiger partial charge in [0.15, 0.2) is 17.5 Å². The lowest BCUT2D eigenvalue weighted by molar-refractivity contribution is 0.271. The standard InChI is InChI=1S/C47H30N4O/c1-3-14-29(15-4-1)45-48-46(30-16-5-2-6-17-30)50-47(49-45)38-28-37-34-21-10-12-25-42(34)52-44(37)43-35(38)22-13-24-40(43)51-39-23-11-9-20-33(39)36-26-31-18-7-8-19-32(31)27-41(36)51/h1-28,34,42H. The maximum absolute atomic E-state index is 6.93. The van der Waals surface area contributed by atoms with Gasteiger partial charge in [-0.25, -0.2) is 15.0 Å². The van der Waals surface area contributed by atoms with E-state index in [0.717, 1.165) is 55.5 Å². The lowest BCUT2D eigenvalue weighted by Gasteiger charge is -2.17. The smallest absolute Gasteiger partial charge is 0.164 e. The Morgan fingerprint density at radius 3 is 1.90 bits per heavy atom. The van der Waals surface area contributed by atoms with E-state index in [1.54, 1.807) is 0 Å². The minimum Gasteiger partial charge on any atom is -0.484 e. The van der Waals surface area contributed by atoms with E-state index in [0.29, 0.717) is 17.5 Å². The molecule has 11 rings (SSSR count). The molecule has 2 aliphatic rings. The van der Waals surface area contributed by atoms with Gasteiger partial charge in [0.2, 0.25) is 0 Å². The van der Waals surface area contributed by atoms with Crippen LogP contribution in [0.2, 0.25) is 0 Å². The third kappa shape index (κ3) is 4.39. The monoisotopic (exact) mass is 666 g/mol. The fourth-order valence-corrected chi connectivity index (χ4v) is 8.15. The minimum absolute atomic E-state index is 0.0716. The van der Waals surface area contributed by atoms with Gasteiger partial charge in [-0.3, -0.25) is 0 Å². The Morgan fingerprint density at radius 2 is 1.13 bits per heavy atom. The summed E-state index contributed by atoms with van der Waals surface area (Å²) in [5.41, 5.74) is 7.32. The van der Waals surface area contributed by atoms with Gasteiger partial charge in [0.05, 0.1) is 16.7 Å². The molecule has 1 aliphatic heterocycles. The van der Waals surface area contributed by atoms with Gasteiger partial charge in [0, 0.05) is 44.3 Å². The summed E-state index contributed by atoms with van der Waals surface area (Å²) in [5.74, 6) is 2.89. The number of hydrogen-bond acceptors (Lipinski definition) is 4. The molecule has 7 aromatic carbocycles. The highest BCUT2D eigenvalue weighted by Gasteiger charge is 2.36. The number of nitrogens with zero attached hydrogens (tertiary/aromatic N) is 4. The van der Waals surface area contributed by atoms with Crippen LogP contribution in [0.25, 0.3) is 83.2 Å². The fraction of sp³-hybridized carbons (Fsp3) is 0.0426. The third-order valence-corrected chi connectivity index (χ3v) is 10.5. The Balaban J connectivity index is 1.25. The number of benzene rings is 7. The second kappa shape index (κ2) is 11.3. The predicted molar refractivity (Wildman–Crippen MR) is 211 cm³/mol. The summed E-state index contributed by atoms with van der Waals surface area (Å²) < 4.78 is 9.35. The predicted octanol–water partition coefficient (Wildman–Crippen LogP) is 11.2. The van der Waals surface area contributed by atoms with Gasteiger partial charge in [0.1, 0.15) is 11.9 Å². The second-order valence-corrected chi connectivity index (χ2v) is 13.5. The van der Waals surface area contributed by atoms with E-state index in [9.17, 15) is 0 Å². The summed E-state index contributed by atoms with van der Waals surface area (Å²) in [6.45, 7) is 0. The van der Waals surface area contributed by atoms with Crippen molar-refractivity contribution in [2.45, 2.75) is 12.0 Å². The molecule has 0 saturated carbocycles. The van der Waals surface area contributed by atoms with Crippen molar-refractivity contribution in [3.63, 3.8) is 0 Å². The van der Waals surface area contributed by atoms with Crippen molar-refractivity contribution in [1.82, 2.24) is 19.5 Å². The first-order chi connectivity index (χ1) is 25.8. The summed E-state index contributed by atoms with van der Waals surface area (Å²) in [6, 6.07) is 51.1. The number of ether oxygens (including phenoxy) is 1. The molecule has 0 radical (unpaired) electrons. The van der Waals surface area contributed by atoms with Crippen molar-refractivity contribution in [3.05, 3.63) is 175 Å². The van der Waals surface area contributed by atoms with Gasteiger partial charge in [0.25, 0.3) is 0 Å². The highest BCUT2D eigenvalue weighted by atomic mass is 16.5. The first-order valence-corrected chi connectivity index (χ1v) is 17.7. The van der Waals surface area contributed by atoms with Gasteiger partial charge in [-0.2, -0.15) is 0 Å². The van der Waals surface area contributed by atoms with Crippen LogP contribution in [0.15, 0.2) is 170 Å². The quantitative estimate of drug-likeness (QED) is 0.188. The van der Waals surface area contributed by atoms with Crippen molar-refractivity contribution in [2.75, 3.05) is 0 Å². The first kappa shape index (κ1) is 28.9. The summed E-state index contributed by atoms with van der Waals surface area (Å²) in [7, 11) is 0. The van der Waals surface area contributed by atoms with Crippen LogP contribution in [0, 0.1) is 0 Å². The van der Waals surface area contributed by atoms with Gasteiger partial charge in [-0.15, -0.1) is 0 Å². The average molecular weight is 667 g/mol. The molecule has 1 aliphatic carbocycles. The molecule has 0 bridgehead atoms. The maximum Gasteiger partial charge on any atom is 0.164 e. The highest BCUT2D eigenvalue weighted by molar-refractivity contribution is 6.15. The normalized spacial score (nSPS) is 16.1. The van der Waals surface area contributed by atoms with E-state index < -0.39 is 0 Å². The molecule has 2 aromatic heterocycles. The molecule has 2 unspecified atom stereocenters. The van der Waals surface area contributed by atoms with Gasteiger partial charge < -0.3 is 9.30 Å². The van der Waals surface area contributed by atoms with E-state index >= 15 is 0 Å². The van der Waals surface area contributed by atoms with E-state index in [2.05, 4.69) is 138 Å². The molecule has 5 nitrogen and oxygen atoms in total. The van der Waals surface area contributed by atoms with Crippen LogP contribution in [-0.2, 0) is 0 Å². The third-order valence-electron chi connectivity index (χ3n) is 10.5. The molecule has 5 heteroatoms. The Morgan fingerprint density at radius 1 is 0.500 bits per heavy atom. The minimum atomic E-state index is -0.0910. The van der Waals surface area contributed by atoms with E-state index in [1.165, 1.54) is 21.5 Å². The molecule has 244 valence electrons. The zero-order valence-electron chi connectivity index (χ0n) is 28.0. The average Bonchev–Trinajstić information content (AvgIpc) is 3.75. The highest BCUT2D eigenvalue weighted by Crippen LogP contribution is 2.50. The van der Waals surface area contributed by atoms with Gasteiger partial charge in [-0.1, -0.05) is 133 Å². The lowest BCUT2D eigenvalue weighted by atomic mass is 9.88. The van der Waals surface area contributed by atoms with Crippen LogP contribution >= 0.6 is 0 Å². The lowest BCUT2D eigenvalue weighted by Crippen LogP contribution is -2.15. The number of rotatable bonds is 4. The Kier molecular flexibility index (Phi) is 6.31. The molecule has 3 heterocycles. The molecular weight excluding hydrogens is 637 g/mol. The van der Waals surface area contributed by atoms with Crippen molar-refractivity contribution in [3.8, 4) is 45.6 Å². The molecular formula is C47H30N4O. The van der Waals surface area contributed by atoms with Crippen LogP contribution in [0.4, 0.5) is 0 Å². The van der Waals surface area contributed by atoms with Crippen LogP contribution in [-0.4, -0.2) is 25.6 Å². The Hall–Kier alpha value is -6.85. The van der Waals surface area contributed by atoms with Crippen molar-refractivity contribution >= 4 is 43.4 Å². The summed E-state index contributed by atoms with van der Waals surface area (Å²) in [4.78, 5) is 15.4. The maximum atomic E-state index is 6.93. The number of para-hydroxylation sites is 1. The van der Waals surface area contributed by atoms with E-state index in [4.69, 9.17) is 19.7 Å². The van der Waals surface area contributed by atoms with Crippen molar-refractivity contribution in [1.29, 1.82) is 0 Å². The largest absolute Gasteiger partial charge is 0.484 e. The van der Waals surface area contributed by atoms with Crippen LogP contribution in [0.3, 0.4) is 0 Å². The van der Waals surface area contributed by atoms with Crippen LogP contribution < -0.4 is 4.74 Å². The second-order valence-electron chi connectivity index (χ2n) is 13.5. The van der Waals surface area contributed by atoms with Crippen molar-refractivity contribution in [2.24, 2.45) is 0 Å². The number of hydrogen-bond donors (Lipinski definition) is 0. The topological polar surface area (TPSA) is 52.8 Å². The van der Waals surface area contributed by atoms with Crippen LogP contribution in [0.1, 0.15) is 11.5 Å². The van der Waals surface area contributed by atoms with E-state index in [-0.39, 0.29) is 12.0 Å². The van der Waals surface area contributed by atoms with E-state index in [1.807, 2.05) is 36.4 Å². The molecule has 9 aromatic rings. The Bertz CT molecular complexity index is 2890. The molecule has 0 amide bonds. The summed E-state index contributed by atoms with van der Waals surface area (Å²) in [6.07, 6.45) is 8.53. The molecule has 2 atom stereocenters. The molecule has 52 heavy (non-hydrogen) atoms. The zero-order valence-corrected chi connectivity index (χ0v) is 28.0. The van der Waals surface area contributed by atoms with Crippen LogP contribution in [0.5, 0.6) is 5.75 Å². The molecule has 0 spiro atoms. The van der Waals surface area contributed by atoms with Crippen molar-refractivity contribution < 1.29 is 4.74 Å². The van der Waals surface area contributed by atoms with Gasteiger partial charge in [-0.05, 0) is 52.6 Å². The molecule has 0 fully saturated rings. The molecule has 0 saturated heterocycles. The zero-order chi connectivity index (χ0) is 34.2. The first-order valence-electron chi connectivity index (χ1n) is 17.7. The SMILES string of the molecule is C1=CC2Oc3c(cc(-c4nc(-c5ccccc5)nc(-c5ccccc5)n4)c4cccc(-n5c6ccccc6c6cc7ccccc7cc65)c34)C2C=C1. The summed E-state index contributed by atoms with van der Waals surface area (Å²) in [5, 5.41) is 6.94. The van der Waals surface area contributed by atoms with Gasteiger partial charge >= 0.3 is 0 Å². The fourth-order valence-electron chi connectivity index (χ4n) is 8.15. The molecule has 0 N–H and O–H groups in total.